The summed E-state index contributed by atoms with van der Waals surface area (Å²) in [6, 6.07) is 44.3. The molecule has 2 aromatic heterocycles. The molecule has 0 spiro atoms. The zero-order chi connectivity index (χ0) is 38.2. The second kappa shape index (κ2) is 13.2. The standard InChI is InChI=1S/C52H46N3O/c1-7-44-38-20-13-12-19-37(38)39(45(8-2)53-44)27-25-34-26-28-41-40-21-14-15-24-47(40)56-51(41)48(34)52-54(6)46-23-16-22-36-32(5)43-30-35(33-17-10-9-11-18-33)29-42(31(3)4)49(43)55(52)50(36)46/h7-24,26,28-32,39,45H,1-2,25,27H2,3-6H3/q+1. The fourth-order valence-corrected chi connectivity index (χ4v) is 9.81. The second-order valence-corrected chi connectivity index (χ2v) is 15.9. The molecule has 4 nitrogen and oxygen atoms in total. The van der Waals surface area contributed by atoms with Gasteiger partial charge in [0.15, 0.2) is 16.6 Å². The first kappa shape index (κ1) is 34.2. The van der Waals surface area contributed by atoms with Crippen LogP contribution in [0.3, 0.4) is 0 Å². The number of imidazole rings is 1. The van der Waals surface area contributed by atoms with Crippen LogP contribution in [0, 0.1) is 0 Å². The molecule has 2 aliphatic heterocycles. The first-order valence-corrected chi connectivity index (χ1v) is 20.0. The second-order valence-electron chi connectivity index (χ2n) is 15.9. The predicted octanol–water partition coefficient (Wildman–Crippen LogP) is 12.5. The van der Waals surface area contributed by atoms with Crippen LogP contribution in [0.15, 0.2) is 156 Å². The SMILES string of the molecule is C=CC1=NC(C=C)C(CCc2ccc3c(oc4ccccc43)c2-c2n3c4c(cccc4[n+]2C)C(C)c2cc(-c4ccccc4)cc(C(C)C)c2-3)c2ccccc21. The van der Waals surface area contributed by atoms with E-state index in [0.29, 0.717) is 5.92 Å². The van der Waals surface area contributed by atoms with E-state index in [4.69, 9.17) is 9.41 Å². The van der Waals surface area contributed by atoms with Crippen LogP contribution in [-0.2, 0) is 13.5 Å². The summed E-state index contributed by atoms with van der Waals surface area (Å²) in [5, 5.41) is 2.27. The molecule has 3 unspecified atom stereocenters. The Morgan fingerprint density at radius 3 is 2.38 bits per heavy atom. The molecule has 0 aliphatic carbocycles. The molecule has 3 atom stereocenters. The van der Waals surface area contributed by atoms with Crippen LogP contribution < -0.4 is 4.57 Å². The summed E-state index contributed by atoms with van der Waals surface area (Å²) in [6.07, 6.45) is 5.63. The van der Waals surface area contributed by atoms with E-state index in [-0.39, 0.29) is 17.9 Å². The van der Waals surface area contributed by atoms with Gasteiger partial charge in [0.25, 0.3) is 5.82 Å². The van der Waals surface area contributed by atoms with E-state index in [9.17, 15) is 0 Å². The lowest BCUT2D eigenvalue weighted by atomic mass is 9.80. The molecule has 0 fully saturated rings. The maximum absolute atomic E-state index is 6.98. The van der Waals surface area contributed by atoms with Crippen molar-refractivity contribution in [3.05, 3.63) is 180 Å². The van der Waals surface area contributed by atoms with E-state index in [2.05, 4.69) is 171 Å². The number of para-hydroxylation sites is 2. The number of rotatable bonds is 8. The lowest BCUT2D eigenvalue weighted by molar-refractivity contribution is -0.633. The van der Waals surface area contributed by atoms with E-state index in [1.807, 2.05) is 12.2 Å². The van der Waals surface area contributed by atoms with Gasteiger partial charge in [-0.25, -0.2) is 4.57 Å². The predicted molar refractivity (Wildman–Crippen MR) is 232 cm³/mol. The van der Waals surface area contributed by atoms with Crippen LogP contribution in [0.2, 0.25) is 0 Å². The minimum Gasteiger partial charge on any atom is -0.455 e. The van der Waals surface area contributed by atoms with Gasteiger partial charge in [0.05, 0.1) is 18.8 Å². The van der Waals surface area contributed by atoms with E-state index in [1.54, 1.807) is 0 Å². The van der Waals surface area contributed by atoms with E-state index in [1.165, 1.54) is 61.2 Å². The van der Waals surface area contributed by atoms with Gasteiger partial charge in [-0.15, -0.1) is 6.58 Å². The van der Waals surface area contributed by atoms with Gasteiger partial charge in [-0.2, -0.15) is 4.57 Å². The molecule has 8 aromatic rings. The molecule has 0 amide bonds. The molecule has 0 radical (unpaired) electrons. The van der Waals surface area contributed by atoms with Gasteiger partial charge < -0.3 is 4.42 Å². The summed E-state index contributed by atoms with van der Waals surface area (Å²) < 4.78 is 12.0. The number of benzene rings is 6. The minimum absolute atomic E-state index is 0.0345. The maximum Gasteiger partial charge on any atom is 0.299 e. The molecule has 56 heavy (non-hydrogen) atoms. The van der Waals surface area contributed by atoms with Crippen LogP contribution in [-0.4, -0.2) is 16.3 Å². The van der Waals surface area contributed by atoms with Gasteiger partial charge in [-0.05, 0) is 71.4 Å². The molecule has 0 saturated heterocycles. The van der Waals surface area contributed by atoms with Crippen molar-refractivity contribution in [2.45, 2.75) is 57.4 Å². The van der Waals surface area contributed by atoms with E-state index >= 15 is 0 Å². The highest BCUT2D eigenvalue weighted by Gasteiger charge is 2.40. The quantitative estimate of drug-likeness (QED) is 0.113. The van der Waals surface area contributed by atoms with Gasteiger partial charge in [-0.3, -0.25) is 4.99 Å². The average Bonchev–Trinajstić information content (AvgIpc) is 3.76. The Bertz CT molecular complexity index is 2920. The van der Waals surface area contributed by atoms with Crippen molar-refractivity contribution < 1.29 is 8.98 Å². The minimum atomic E-state index is -0.0345. The molecule has 0 saturated carbocycles. The Hall–Kier alpha value is -6.26. The maximum atomic E-state index is 6.98. The zero-order valence-corrected chi connectivity index (χ0v) is 32.6. The number of hydrogen-bond acceptors (Lipinski definition) is 2. The lowest BCUT2D eigenvalue weighted by Crippen LogP contribution is -2.31. The molecular formula is C52H46N3O+. The van der Waals surface area contributed by atoms with Crippen LogP contribution in [0.25, 0.3) is 61.2 Å². The summed E-state index contributed by atoms with van der Waals surface area (Å²) in [7, 11) is 2.24. The highest BCUT2D eigenvalue weighted by Crippen LogP contribution is 2.48. The van der Waals surface area contributed by atoms with Gasteiger partial charge in [0.1, 0.15) is 16.8 Å². The van der Waals surface area contributed by atoms with Crippen molar-refractivity contribution >= 4 is 38.7 Å². The number of hydrogen-bond donors (Lipinski definition) is 0. The largest absolute Gasteiger partial charge is 0.455 e. The Labute approximate surface area is 328 Å². The Balaban J connectivity index is 1.25. The zero-order valence-electron chi connectivity index (χ0n) is 32.6. The highest BCUT2D eigenvalue weighted by atomic mass is 16.3. The highest BCUT2D eigenvalue weighted by molar-refractivity contribution is 6.11. The summed E-state index contributed by atoms with van der Waals surface area (Å²) >= 11 is 0. The third kappa shape index (κ3) is 5.05. The third-order valence-electron chi connectivity index (χ3n) is 12.6. The molecule has 10 rings (SSSR count). The first-order valence-electron chi connectivity index (χ1n) is 20.0. The van der Waals surface area contributed by atoms with Crippen LogP contribution in [0.1, 0.15) is 78.3 Å². The molecule has 4 heteroatoms. The van der Waals surface area contributed by atoms with Crippen LogP contribution in [0.5, 0.6) is 0 Å². The van der Waals surface area contributed by atoms with Crippen molar-refractivity contribution in [1.29, 1.82) is 0 Å². The average molecular weight is 729 g/mol. The molecule has 0 bridgehead atoms. The molecule has 274 valence electrons. The fraction of sp³-hybridized carbons (Fsp3) is 0.192. The Kier molecular flexibility index (Phi) is 8.07. The Morgan fingerprint density at radius 1 is 0.804 bits per heavy atom. The Morgan fingerprint density at radius 2 is 1.57 bits per heavy atom. The summed E-state index contributed by atoms with van der Waals surface area (Å²) in [6.45, 7) is 15.4. The van der Waals surface area contributed by atoms with Crippen molar-refractivity contribution in [3.8, 4) is 28.2 Å². The number of aliphatic imine (C=N–C) groups is 1. The van der Waals surface area contributed by atoms with Gasteiger partial charge in [-0.1, -0.05) is 130 Å². The van der Waals surface area contributed by atoms with E-state index in [0.717, 1.165) is 51.9 Å². The summed E-state index contributed by atoms with van der Waals surface area (Å²) in [5.74, 6) is 1.84. The van der Waals surface area contributed by atoms with Gasteiger partial charge in [0, 0.05) is 44.9 Å². The topological polar surface area (TPSA) is 34.3 Å². The van der Waals surface area contributed by atoms with Crippen molar-refractivity contribution in [2.75, 3.05) is 0 Å². The molecule has 0 N–H and O–H groups in total. The molecular weight excluding hydrogens is 683 g/mol. The van der Waals surface area contributed by atoms with E-state index < -0.39 is 0 Å². The number of allylic oxidation sites excluding steroid dienone is 1. The lowest BCUT2D eigenvalue weighted by Gasteiger charge is -2.30. The van der Waals surface area contributed by atoms with Crippen molar-refractivity contribution in [1.82, 2.24) is 4.57 Å². The first-order chi connectivity index (χ1) is 27.4. The van der Waals surface area contributed by atoms with Gasteiger partial charge >= 0.3 is 0 Å². The number of fused-ring (bicyclic) bond motifs is 6. The summed E-state index contributed by atoms with van der Waals surface area (Å²) in [5.41, 5.74) is 18.0. The molecule has 6 aromatic carbocycles. The number of furan rings is 1. The van der Waals surface area contributed by atoms with Crippen molar-refractivity contribution in [2.24, 2.45) is 12.0 Å². The van der Waals surface area contributed by atoms with Crippen LogP contribution >= 0.6 is 0 Å². The number of nitrogens with zero attached hydrogens (tertiary/aromatic N) is 3. The monoisotopic (exact) mass is 728 g/mol. The smallest absolute Gasteiger partial charge is 0.299 e. The number of aryl methyl sites for hydroxylation is 2. The fourth-order valence-electron chi connectivity index (χ4n) is 9.81. The normalized spacial score (nSPS) is 17.3. The van der Waals surface area contributed by atoms with Crippen molar-refractivity contribution in [3.63, 3.8) is 0 Å². The van der Waals surface area contributed by atoms with Crippen LogP contribution in [0.4, 0.5) is 0 Å². The third-order valence-corrected chi connectivity index (χ3v) is 12.6. The summed E-state index contributed by atoms with van der Waals surface area (Å²) in [4.78, 5) is 5.14. The van der Waals surface area contributed by atoms with Gasteiger partial charge in [0.2, 0.25) is 0 Å². The molecule has 4 heterocycles. The number of aromatic nitrogens is 2. The molecule has 2 aliphatic rings.